The van der Waals surface area contributed by atoms with Crippen molar-refractivity contribution in [2.75, 3.05) is 19.7 Å². The Hall–Kier alpha value is -1.10. The van der Waals surface area contributed by atoms with Crippen molar-refractivity contribution in [1.82, 2.24) is 0 Å². The molecule has 0 rings (SSSR count). The van der Waals surface area contributed by atoms with Crippen LogP contribution in [0.2, 0.25) is 0 Å². The first-order valence-corrected chi connectivity index (χ1v) is 25.0. The lowest BCUT2D eigenvalue weighted by Crippen LogP contribution is -2.30. The van der Waals surface area contributed by atoms with Crippen molar-refractivity contribution in [2.45, 2.75) is 297 Å². The van der Waals surface area contributed by atoms with Crippen LogP contribution in [0.15, 0.2) is 0 Å². The summed E-state index contributed by atoms with van der Waals surface area (Å²) in [7, 11) is 0. The molecule has 0 unspecified atom stereocenters. The highest BCUT2D eigenvalue weighted by atomic mass is 16.6. The summed E-state index contributed by atoms with van der Waals surface area (Å²) in [6, 6.07) is 0. The third-order valence-electron chi connectivity index (χ3n) is 11.2. The molecule has 0 saturated carbocycles. The Morgan fingerprint density at radius 3 is 0.964 bits per heavy atom. The van der Waals surface area contributed by atoms with Gasteiger partial charge >= 0.3 is 11.9 Å². The molecule has 0 fully saturated rings. The molecule has 0 aliphatic heterocycles. The lowest BCUT2D eigenvalue weighted by molar-refractivity contribution is -0.163. The van der Waals surface area contributed by atoms with Gasteiger partial charge in [-0.2, -0.15) is 0 Å². The second-order valence-electron chi connectivity index (χ2n) is 16.9. The molecule has 5 heteroatoms. The Morgan fingerprint density at radius 2 is 0.643 bits per heavy atom. The van der Waals surface area contributed by atoms with E-state index in [0.717, 1.165) is 64.2 Å². The quantitative estimate of drug-likeness (QED) is 0.0453. The van der Waals surface area contributed by atoms with E-state index in [1.165, 1.54) is 173 Å². The minimum Gasteiger partial charge on any atom is -0.462 e. The molecule has 0 aliphatic carbocycles. The number of hydrogen-bond acceptors (Lipinski definition) is 5. The first kappa shape index (κ1) is 46.0. The van der Waals surface area contributed by atoms with Gasteiger partial charge in [-0.15, -0.1) is 0 Å². The molecule has 334 valence electrons. The molecule has 0 radical (unpaired) electrons. The van der Waals surface area contributed by atoms with Gasteiger partial charge in [0.25, 0.3) is 0 Å². The van der Waals surface area contributed by atoms with Crippen LogP contribution in [0, 0.1) is 0 Å². The summed E-state index contributed by atoms with van der Waals surface area (Å²) in [5.74, 6) is -1.77. The molecule has 0 saturated heterocycles. The van der Waals surface area contributed by atoms with Crippen molar-refractivity contribution in [1.29, 1.82) is 0 Å². The van der Waals surface area contributed by atoms with Crippen molar-refractivity contribution >= 4 is 11.9 Å². The normalized spacial score (nSPS) is 14.4. The number of rotatable bonds is 48. The van der Waals surface area contributed by atoms with Gasteiger partial charge in [-0.3, -0.25) is 9.59 Å². The van der Waals surface area contributed by atoms with E-state index in [1.54, 1.807) is 0 Å². The van der Waals surface area contributed by atoms with E-state index in [2.05, 4.69) is 20.8 Å². The Balaban J connectivity index is 4.87. The maximum Gasteiger partial charge on any atom is 0.306 e. The minimum absolute atomic E-state index is 0.0524. The number of ether oxygens (including phenoxy) is 3. The van der Waals surface area contributed by atoms with Gasteiger partial charge in [-0.1, -0.05) is 258 Å². The summed E-state index contributed by atoms with van der Waals surface area (Å²) >= 11 is 0. The fraction of sp³-hybridized carbons (Fsp3) is 0.961. The van der Waals surface area contributed by atoms with Crippen LogP contribution >= 0.6 is 0 Å². The minimum atomic E-state index is -3.27. The molecule has 0 spiro atoms. The number of hydrogen-bond donors (Lipinski definition) is 0. The molecule has 0 aliphatic rings. The molecule has 0 aromatic heterocycles. The van der Waals surface area contributed by atoms with Crippen LogP contribution in [0.1, 0.15) is 297 Å². The van der Waals surface area contributed by atoms with E-state index in [1.807, 2.05) is 0 Å². The average molecular weight is 798 g/mol. The van der Waals surface area contributed by atoms with Crippen LogP contribution in [-0.4, -0.2) is 37.7 Å². The van der Waals surface area contributed by atoms with Gasteiger partial charge in [0.15, 0.2) is 6.08 Å². The van der Waals surface area contributed by atoms with Crippen molar-refractivity contribution in [2.24, 2.45) is 0 Å². The first-order chi connectivity index (χ1) is 29.5. The predicted molar refractivity (Wildman–Crippen MR) is 243 cm³/mol. The van der Waals surface area contributed by atoms with Crippen molar-refractivity contribution in [3.8, 4) is 0 Å². The van der Waals surface area contributed by atoms with E-state index >= 15 is 0 Å². The van der Waals surface area contributed by atoms with Gasteiger partial charge in [-0.25, -0.2) is 0 Å². The molecule has 0 bridgehead atoms. The van der Waals surface area contributed by atoms with Crippen LogP contribution < -0.4 is 0 Å². The molecule has 0 N–H and O–H groups in total. The third kappa shape index (κ3) is 45.6. The van der Waals surface area contributed by atoms with Gasteiger partial charge in [0.2, 0.25) is 0 Å². The largest absolute Gasteiger partial charge is 0.462 e. The van der Waals surface area contributed by atoms with Crippen LogP contribution in [-0.2, 0) is 23.8 Å². The van der Waals surface area contributed by atoms with E-state index in [9.17, 15) is 9.59 Å². The van der Waals surface area contributed by atoms with Crippen molar-refractivity contribution in [3.05, 3.63) is 0 Å². The van der Waals surface area contributed by atoms with Crippen LogP contribution in [0.25, 0.3) is 0 Å². The van der Waals surface area contributed by atoms with E-state index < -0.39 is 31.1 Å². The highest BCUT2D eigenvalue weighted by molar-refractivity contribution is 5.70. The summed E-state index contributed by atoms with van der Waals surface area (Å²) in [6.07, 6.45) is 42.9. The maximum atomic E-state index is 13.1. The lowest BCUT2D eigenvalue weighted by Gasteiger charge is -2.18. The van der Waals surface area contributed by atoms with Gasteiger partial charge in [0.1, 0.15) is 6.56 Å². The summed E-state index contributed by atoms with van der Waals surface area (Å²) in [5.41, 5.74) is 0. The molecule has 56 heavy (non-hydrogen) atoms. The monoisotopic (exact) mass is 798 g/mol. The second kappa shape index (κ2) is 48.3. The van der Waals surface area contributed by atoms with E-state index in [-0.39, 0.29) is 19.4 Å². The van der Waals surface area contributed by atoms with Crippen molar-refractivity contribution < 1.29 is 30.7 Å². The highest BCUT2D eigenvalue weighted by Gasteiger charge is 2.17. The summed E-state index contributed by atoms with van der Waals surface area (Å²) in [6.45, 7) is 0.329. The molecule has 0 aromatic carbocycles. The molecular formula is C51H100O5. The van der Waals surface area contributed by atoms with Gasteiger partial charge < -0.3 is 14.2 Å². The Labute approximate surface area is 358 Å². The zero-order chi connectivity index (χ0) is 45.2. The number of carbonyl (C=O) groups excluding carboxylic acids is 2. The van der Waals surface area contributed by atoms with Crippen LogP contribution in [0.3, 0.4) is 0 Å². The van der Waals surface area contributed by atoms with Crippen LogP contribution in [0.4, 0.5) is 0 Å². The molecule has 0 amide bonds. The Bertz CT molecular complexity index is 983. The smallest absolute Gasteiger partial charge is 0.306 e. The molecular weight excluding hydrogens is 693 g/mol. The fourth-order valence-corrected chi connectivity index (χ4v) is 7.44. The number of unbranched alkanes of at least 4 members (excludes halogenated alkanes) is 37. The van der Waals surface area contributed by atoms with Crippen molar-refractivity contribution in [3.63, 3.8) is 0 Å². The molecule has 0 heterocycles. The average Bonchev–Trinajstić information content (AvgIpc) is 3.22. The van der Waals surface area contributed by atoms with Gasteiger partial charge in [0.05, 0.1) is 13.4 Å². The van der Waals surface area contributed by atoms with E-state index in [0.29, 0.717) is 19.3 Å². The standard InChI is InChI=1S/C51H100O5/c1-4-7-10-13-16-19-22-25-28-31-34-37-40-43-46-54-47-49(56-51(53)45-42-39-36-33-30-27-24-21-18-15-12-9-6-3)48-55-50(52)44-41-38-35-32-29-26-23-20-17-14-11-8-5-2/h49H,4-48H2,1-3H3/t49-/m0/s1/i47D2,48D2,49D. The van der Waals surface area contributed by atoms with Gasteiger partial charge in [0, 0.05) is 19.4 Å². The summed E-state index contributed by atoms with van der Waals surface area (Å²) in [4.78, 5) is 26.0. The van der Waals surface area contributed by atoms with Gasteiger partial charge in [-0.05, 0) is 19.3 Å². The maximum absolute atomic E-state index is 13.1. The van der Waals surface area contributed by atoms with Crippen LogP contribution in [0.5, 0.6) is 0 Å². The first-order valence-electron chi connectivity index (χ1n) is 27.5. The summed E-state index contributed by atoms with van der Waals surface area (Å²) < 4.78 is 59.7. The number of esters is 2. The Morgan fingerprint density at radius 1 is 0.375 bits per heavy atom. The predicted octanol–water partition coefficient (Wildman–Crippen LogP) is 16.9. The number of carbonyl (C=O) groups is 2. The summed E-state index contributed by atoms with van der Waals surface area (Å²) in [5, 5.41) is 0. The fourth-order valence-electron chi connectivity index (χ4n) is 7.44. The molecule has 1 atom stereocenters. The molecule has 5 nitrogen and oxygen atoms in total. The third-order valence-corrected chi connectivity index (χ3v) is 11.2. The second-order valence-corrected chi connectivity index (χ2v) is 16.9. The topological polar surface area (TPSA) is 61.8 Å². The highest BCUT2D eigenvalue weighted by Crippen LogP contribution is 2.16. The zero-order valence-corrected chi connectivity index (χ0v) is 37.9. The van der Waals surface area contributed by atoms with E-state index in [4.69, 9.17) is 21.1 Å². The zero-order valence-electron chi connectivity index (χ0n) is 42.9. The lowest BCUT2D eigenvalue weighted by atomic mass is 10.0. The SMILES string of the molecule is [2H]C([2H])(OCCCCCCCCCCCCCCCC)[C@]([2H])(OC(=O)CCCCCCCCCCCCCCC)C([2H])([2H])OC(=O)CCCCCCCCCCCCCCC. The Kier molecular flexibility index (Phi) is 39.6. The molecule has 0 aromatic rings.